The molecule has 2 N–H and O–H groups in total. The Kier molecular flexibility index (Phi) is 7.25. The zero-order valence-electron chi connectivity index (χ0n) is 14.6. The van der Waals surface area contributed by atoms with Gasteiger partial charge in [-0.15, -0.1) is 0 Å². The van der Waals surface area contributed by atoms with Gasteiger partial charge in [-0.3, -0.25) is 9.52 Å². The molecule has 24 heavy (non-hydrogen) atoms. The summed E-state index contributed by atoms with van der Waals surface area (Å²) >= 11 is 3.29. The molecule has 1 aromatic carbocycles. The fourth-order valence-corrected chi connectivity index (χ4v) is 3.26. The predicted molar refractivity (Wildman–Crippen MR) is 98.9 cm³/mol. The third-order valence-electron chi connectivity index (χ3n) is 2.79. The van der Waals surface area contributed by atoms with E-state index in [2.05, 4.69) is 25.4 Å². The van der Waals surface area contributed by atoms with Gasteiger partial charge in [0.15, 0.2) is 0 Å². The maximum atomic E-state index is 12.3. The van der Waals surface area contributed by atoms with Crippen LogP contribution in [0.2, 0.25) is 0 Å². The van der Waals surface area contributed by atoms with Crippen molar-refractivity contribution in [1.29, 1.82) is 0 Å². The molecule has 1 atom stereocenters. The van der Waals surface area contributed by atoms with Crippen LogP contribution in [0.3, 0.4) is 0 Å². The highest BCUT2D eigenvalue weighted by Crippen LogP contribution is 2.17. The van der Waals surface area contributed by atoms with Crippen LogP contribution in [0.15, 0.2) is 28.7 Å². The Labute approximate surface area is 152 Å². The number of carbonyl (C=O) groups excluding carboxylic acids is 1. The maximum absolute atomic E-state index is 12.3. The SMILES string of the molecule is CC(C)CC(NS(=O)(=O)Nc1ccc(Br)cc1)C(=O)OC(C)(C)C. The van der Waals surface area contributed by atoms with Crippen LogP contribution in [-0.4, -0.2) is 26.0 Å². The first-order chi connectivity index (χ1) is 10.9. The van der Waals surface area contributed by atoms with Gasteiger partial charge in [0.05, 0.1) is 0 Å². The van der Waals surface area contributed by atoms with E-state index < -0.39 is 27.8 Å². The van der Waals surface area contributed by atoms with E-state index in [4.69, 9.17) is 4.74 Å². The first-order valence-corrected chi connectivity index (χ1v) is 9.94. The Morgan fingerprint density at radius 3 is 2.21 bits per heavy atom. The first kappa shape index (κ1) is 20.9. The van der Waals surface area contributed by atoms with E-state index in [0.29, 0.717) is 12.1 Å². The van der Waals surface area contributed by atoms with Crippen molar-refractivity contribution in [2.75, 3.05) is 4.72 Å². The summed E-state index contributed by atoms with van der Waals surface area (Å²) in [5.74, 6) is -0.463. The minimum Gasteiger partial charge on any atom is -0.459 e. The summed E-state index contributed by atoms with van der Waals surface area (Å²) in [5.41, 5.74) is -0.283. The summed E-state index contributed by atoms with van der Waals surface area (Å²) < 4.78 is 35.5. The number of hydrogen-bond acceptors (Lipinski definition) is 4. The van der Waals surface area contributed by atoms with Crippen molar-refractivity contribution in [3.63, 3.8) is 0 Å². The molecule has 136 valence electrons. The van der Waals surface area contributed by atoms with Crippen LogP contribution >= 0.6 is 15.9 Å². The Morgan fingerprint density at radius 1 is 1.21 bits per heavy atom. The van der Waals surface area contributed by atoms with E-state index in [-0.39, 0.29) is 5.92 Å². The van der Waals surface area contributed by atoms with Crippen molar-refractivity contribution < 1.29 is 17.9 Å². The van der Waals surface area contributed by atoms with Gasteiger partial charge in [0.2, 0.25) is 0 Å². The normalized spacial score (nSPS) is 13.6. The Bertz CT molecular complexity index is 652. The molecule has 8 heteroatoms. The molecule has 0 aromatic heterocycles. The topological polar surface area (TPSA) is 84.5 Å². The van der Waals surface area contributed by atoms with Gasteiger partial charge in [0, 0.05) is 10.2 Å². The summed E-state index contributed by atoms with van der Waals surface area (Å²) in [6.45, 7) is 9.05. The van der Waals surface area contributed by atoms with E-state index in [1.807, 2.05) is 13.8 Å². The van der Waals surface area contributed by atoms with Crippen molar-refractivity contribution >= 4 is 37.8 Å². The molecule has 1 aromatic rings. The average Bonchev–Trinajstić information content (AvgIpc) is 2.37. The van der Waals surface area contributed by atoms with E-state index in [1.54, 1.807) is 45.0 Å². The van der Waals surface area contributed by atoms with Crippen molar-refractivity contribution in [2.45, 2.75) is 52.7 Å². The maximum Gasteiger partial charge on any atom is 0.324 e. The first-order valence-electron chi connectivity index (χ1n) is 7.66. The summed E-state index contributed by atoms with van der Waals surface area (Å²) in [6, 6.07) is 5.73. The lowest BCUT2D eigenvalue weighted by molar-refractivity contribution is -0.157. The fraction of sp³-hybridized carbons (Fsp3) is 0.562. The molecule has 0 aliphatic rings. The summed E-state index contributed by atoms with van der Waals surface area (Å²) in [5, 5.41) is 0. The summed E-state index contributed by atoms with van der Waals surface area (Å²) in [4.78, 5) is 12.3. The number of carbonyl (C=O) groups is 1. The molecule has 0 bridgehead atoms. The standard InChI is InChI=1S/C16H25BrN2O4S/c1-11(2)10-14(15(20)23-16(3,4)5)19-24(21,22)18-13-8-6-12(17)7-9-13/h6-9,11,14,18-19H,10H2,1-5H3. The molecular weight excluding hydrogens is 396 g/mol. The largest absolute Gasteiger partial charge is 0.459 e. The molecule has 0 aliphatic heterocycles. The molecule has 1 rings (SSSR count). The number of rotatable bonds is 7. The third kappa shape index (κ3) is 8.12. The number of nitrogens with one attached hydrogen (secondary N) is 2. The van der Waals surface area contributed by atoms with Crippen molar-refractivity contribution in [2.24, 2.45) is 5.92 Å². The highest BCUT2D eigenvalue weighted by Gasteiger charge is 2.29. The van der Waals surface area contributed by atoms with Gasteiger partial charge in [-0.25, -0.2) is 0 Å². The van der Waals surface area contributed by atoms with Gasteiger partial charge in [-0.1, -0.05) is 29.8 Å². The van der Waals surface area contributed by atoms with Crippen LogP contribution in [0.1, 0.15) is 41.0 Å². The minimum absolute atomic E-state index is 0.123. The van der Waals surface area contributed by atoms with Crippen molar-refractivity contribution in [1.82, 2.24) is 4.72 Å². The Morgan fingerprint density at radius 2 is 1.75 bits per heavy atom. The Hall–Kier alpha value is -1.12. The second-order valence-electron chi connectivity index (χ2n) is 6.95. The number of anilines is 1. The molecule has 1 unspecified atom stereocenters. The molecule has 0 amide bonds. The van der Waals surface area contributed by atoms with Crippen molar-refractivity contribution in [3.05, 3.63) is 28.7 Å². The lowest BCUT2D eigenvalue weighted by atomic mass is 10.0. The van der Waals surface area contributed by atoms with Gasteiger partial charge >= 0.3 is 5.97 Å². The third-order valence-corrected chi connectivity index (χ3v) is 4.42. The summed E-state index contributed by atoms with van der Waals surface area (Å²) in [7, 11) is -3.91. The molecule has 6 nitrogen and oxygen atoms in total. The smallest absolute Gasteiger partial charge is 0.324 e. The molecule has 0 saturated heterocycles. The zero-order chi connectivity index (χ0) is 18.5. The fourth-order valence-electron chi connectivity index (χ4n) is 1.93. The van der Waals surface area contributed by atoms with Crippen LogP contribution in [0.25, 0.3) is 0 Å². The van der Waals surface area contributed by atoms with Gasteiger partial charge in [0.25, 0.3) is 10.2 Å². The predicted octanol–water partition coefficient (Wildman–Crippen LogP) is 3.45. The lowest BCUT2D eigenvalue weighted by Gasteiger charge is -2.25. The van der Waals surface area contributed by atoms with E-state index in [9.17, 15) is 13.2 Å². The molecule has 0 spiro atoms. The van der Waals surface area contributed by atoms with Crippen LogP contribution in [0.5, 0.6) is 0 Å². The van der Waals surface area contributed by atoms with Crippen LogP contribution in [-0.2, 0) is 19.7 Å². The number of halogens is 1. The second-order valence-corrected chi connectivity index (χ2v) is 9.31. The highest BCUT2D eigenvalue weighted by molar-refractivity contribution is 9.10. The number of benzene rings is 1. The molecule has 0 heterocycles. The van der Waals surface area contributed by atoms with Crippen LogP contribution in [0, 0.1) is 5.92 Å². The quantitative estimate of drug-likeness (QED) is 0.661. The van der Waals surface area contributed by atoms with E-state index >= 15 is 0 Å². The Balaban J connectivity index is 2.87. The van der Waals surface area contributed by atoms with Gasteiger partial charge in [-0.05, 0) is 57.4 Å². The number of hydrogen-bond donors (Lipinski definition) is 2. The summed E-state index contributed by atoms with van der Waals surface area (Å²) in [6.07, 6.45) is 0.343. The van der Waals surface area contributed by atoms with E-state index in [0.717, 1.165) is 4.47 Å². The number of esters is 1. The average molecular weight is 421 g/mol. The monoisotopic (exact) mass is 420 g/mol. The van der Waals surface area contributed by atoms with Crippen LogP contribution < -0.4 is 9.44 Å². The minimum atomic E-state index is -3.91. The lowest BCUT2D eigenvalue weighted by Crippen LogP contribution is -2.46. The molecule has 0 aliphatic carbocycles. The van der Waals surface area contributed by atoms with Gasteiger partial charge < -0.3 is 4.74 Å². The molecular formula is C16H25BrN2O4S. The van der Waals surface area contributed by atoms with E-state index in [1.165, 1.54) is 0 Å². The van der Waals surface area contributed by atoms with Crippen LogP contribution in [0.4, 0.5) is 5.69 Å². The molecule has 0 saturated carbocycles. The molecule has 0 fully saturated rings. The zero-order valence-corrected chi connectivity index (χ0v) is 17.0. The van der Waals surface area contributed by atoms with Crippen molar-refractivity contribution in [3.8, 4) is 0 Å². The second kappa shape index (κ2) is 8.31. The highest BCUT2D eigenvalue weighted by atomic mass is 79.9. The number of ether oxygens (including phenoxy) is 1. The van der Waals surface area contributed by atoms with Gasteiger partial charge in [0.1, 0.15) is 11.6 Å². The molecule has 0 radical (unpaired) electrons. The van der Waals surface area contributed by atoms with Gasteiger partial charge in [-0.2, -0.15) is 13.1 Å².